The summed E-state index contributed by atoms with van der Waals surface area (Å²) in [5, 5.41) is 3.46. The van der Waals surface area contributed by atoms with Crippen LogP contribution >= 0.6 is 11.6 Å². The molecule has 0 aliphatic carbocycles. The fourth-order valence-electron chi connectivity index (χ4n) is 1.73. The molecule has 0 fully saturated rings. The van der Waals surface area contributed by atoms with Gasteiger partial charge in [-0.1, -0.05) is 23.7 Å². The summed E-state index contributed by atoms with van der Waals surface area (Å²) in [6.07, 6.45) is 2.01. The van der Waals surface area contributed by atoms with Crippen molar-refractivity contribution in [3.8, 4) is 0 Å². The molecule has 0 spiro atoms. The number of benzene rings is 1. The molecule has 1 N–H and O–H groups in total. The average Bonchev–Trinajstić information content (AvgIpc) is 2.42. The Bertz CT molecular complexity index is 448. The molecule has 0 saturated carbocycles. The summed E-state index contributed by atoms with van der Waals surface area (Å²) in [7, 11) is 0. The van der Waals surface area contributed by atoms with Gasteiger partial charge in [0.1, 0.15) is 0 Å². The molecule has 0 saturated heterocycles. The molecular weight excluding hydrogens is 278 g/mol. The molecule has 1 aromatic rings. The number of hydrogen-bond donors (Lipinski definition) is 1. The molecule has 0 aliphatic rings. The number of ether oxygens (including phenoxy) is 1. The zero-order valence-electron chi connectivity index (χ0n) is 11.7. The predicted octanol–water partition coefficient (Wildman–Crippen LogP) is 2.73. The van der Waals surface area contributed by atoms with E-state index in [2.05, 4.69) is 5.32 Å². The number of halogens is 1. The van der Waals surface area contributed by atoms with Crippen LogP contribution < -0.4 is 5.32 Å². The van der Waals surface area contributed by atoms with Crippen molar-refractivity contribution in [1.82, 2.24) is 5.32 Å². The van der Waals surface area contributed by atoms with Gasteiger partial charge in [0.15, 0.2) is 0 Å². The van der Waals surface area contributed by atoms with Gasteiger partial charge in [0.25, 0.3) is 0 Å². The molecule has 1 rings (SSSR count). The third kappa shape index (κ3) is 7.14. The van der Waals surface area contributed by atoms with Crippen molar-refractivity contribution in [3.05, 3.63) is 34.9 Å². The van der Waals surface area contributed by atoms with Gasteiger partial charge in [0.2, 0.25) is 5.91 Å². The van der Waals surface area contributed by atoms with Crippen molar-refractivity contribution in [2.45, 2.75) is 32.6 Å². The molecule has 1 aromatic carbocycles. The molecule has 4 nitrogen and oxygen atoms in total. The Morgan fingerprint density at radius 2 is 2.10 bits per heavy atom. The van der Waals surface area contributed by atoms with Crippen LogP contribution in [0.1, 0.15) is 31.7 Å². The number of hydrogen-bond acceptors (Lipinski definition) is 3. The summed E-state index contributed by atoms with van der Waals surface area (Å²) in [4.78, 5) is 22.7. The number of carbonyl (C=O) groups is 2. The van der Waals surface area contributed by atoms with Crippen LogP contribution in [0.5, 0.6) is 0 Å². The maximum atomic E-state index is 11.6. The standard InChI is InChI=1S/C15H20ClNO3/c1-2-20-15(19)7-4-10-17-14(18)9-8-12-5-3-6-13(16)11-12/h3,5-6,11H,2,4,7-10H2,1H3,(H,17,18). The van der Waals surface area contributed by atoms with E-state index in [1.54, 1.807) is 13.0 Å². The van der Waals surface area contributed by atoms with E-state index in [0.29, 0.717) is 43.9 Å². The first-order valence-electron chi connectivity index (χ1n) is 6.78. The molecule has 0 atom stereocenters. The average molecular weight is 298 g/mol. The smallest absolute Gasteiger partial charge is 0.305 e. The highest BCUT2D eigenvalue weighted by Gasteiger charge is 2.04. The Balaban J connectivity index is 2.13. The third-order valence-corrected chi connectivity index (χ3v) is 2.95. The van der Waals surface area contributed by atoms with Crippen LogP contribution in [-0.2, 0) is 20.7 Å². The second-order valence-electron chi connectivity index (χ2n) is 4.39. The van der Waals surface area contributed by atoms with Gasteiger partial charge in [-0.05, 0) is 37.5 Å². The van der Waals surface area contributed by atoms with Gasteiger partial charge in [-0.3, -0.25) is 9.59 Å². The van der Waals surface area contributed by atoms with E-state index < -0.39 is 0 Å². The van der Waals surface area contributed by atoms with Gasteiger partial charge in [-0.25, -0.2) is 0 Å². The van der Waals surface area contributed by atoms with E-state index in [1.807, 2.05) is 18.2 Å². The van der Waals surface area contributed by atoms with Gasteiger partial charge in [-0.15, -0.1) is 0 Å². The highest BCUT2D eigenvalue weighted by Crippen LogP contribution is 2.11. The molecule has 0 aromatic heterocycles. The highest BCUT2D eigenvalue weighted by molar-refractivity contribution is 6.30. The van der Waals surface area contributed by atoms with Crippen molar-refractivity contribution >= 4 is 23.5 Å². The SMILES string of the molecule is CCOC(=O)CCCNC(=O)CCc1cccc(Cl)c1. The van der Waals surface area contributed by atoms with E-state index >= 15 is 0 Å². The second-order valence-corrected chi connectivity index (χ2v) is 4.82. The predicted molar refractivity (Wildman–Crippen MR) is 78.6 cm³/mol. The first kappa shape index (κ1) is 16.5. The molecule has 110 valence electrons. The lowest BCUT2D eigenvalue weighted by Gasteiger charge is -2.05. The second kappa shape index (κ2) is 9.37. The van der Waals surface area contributed by atoms with Crippen LogP contribution in [0.4, 0.5) is 0 Å². The van der Waals surface area contributed by atoms with Crippen molar-refractivity contribution in [3.63, 3.8) is 0 Å². The summed E-state index contributed by atoms with van der Waals surface area (Å²) in [5.41, 5.74) is 1.04. The fraction of sp³-hybridized carbons (Fsp3) is 0.467. The van der Waals surface area contributed by atoms with E-state index in [0.717, 1.165) is 5.56 Å². The van der Waals surface area contributed by atoms with Crippen LogP contribution in [0, 0.1) is 0 Å². The number of nitrogens with one attached hydrogen (secondary N) is 1. The Kier molecular flexibility index (Phi) is 7.73. The molecule has 5 heteroatoms. The van der Waals surface area contributed by atoms with Crippen LogP contribution in [-0.4, -0.2) is 25.0 Å². The maximum absolute atomic E-state index is 11.6. The largest absolute Gasteiger partial charge is 0.466 e. The molecule has 0 heterocycles. The first-order valence-corrected chi connectivity index (χ1v) is 7.16. The monoisotopic (exact) mass is 297 g/mol. The summed E-state index contributed by atoms with van der Waals surface area (Å²) >= 11 is 5.87. The molecular formula is C15H20ClNO3. The quantitative estimate of drug-likeness (QED) is 0.593. The summed E-state index contributed by atoms with van der Waals surface area (Å²) in [5.74, 6) is -0.241. The van der Waals surface area contributed by atoms with Gasteiger partial charge in [0, 0.05) is 24.4 Å². The van der Waals surface area contributed by atoms with Crippen LogP contribution in [0.3, 0.4) is 0 Å². The van der Waals surface area contributed by atoms with E-state index in [9.17, 15) is 9.59 Å². The Hall–Kier alpha value is -1.55. The van der Waals surface area contributed by atoms with Gasteiger partial charge in [-0.2, -0.15) is 0 Å². The van der Waals surface area contributed by atoms with E-state index in [-0.39, 0.29) is 11.9 Å². The minimum atomic E-state index is -0.222. The summed E-state index contributed by atoms with van der Waals surface area (Å²) in [6, 6.07) is 7.48. The highest BCUT2D eigenvalue weighted by atomic mass is 35.5. The van der Waals surface area contributed by atoms with Crippen molar-refractivity contribution in [1.29, 1.82) is 0 Å². The third-order valence-electron chi connectivity index (χ3n) is 2.71. The van der Waals surface area contributed by atoms with Crippen LogP contribution in [0.25, 0.3) is 0 Å². The maximum Gasteiger partial charge on any atom is 0.305 e. The lowest BCUT2D eigenvalue weighted by atomic mass is 10.1. The number of carbonyl (C=O) groups excluding carboxylic acids is 2. The topological polar surface area (TPSA) is 55.4 Å². The minimum absolute atomic E-state index is 0.0196. The normalized spacial score (nSPS) is 10.1. The summed E-state index contributed by atoms with van der Waals surface area (Å²) < 4.78 is 4.80. The Morgan fingerprint density at radius 3 is 2.80 bits per heavy atom. The van der Waals surface area contributed by atoms with E-state index in [1.165, 1.54) is 0 Å². The van der Waals surface area contributed by atoms with Crippen LogP contribution in [0.15, 0.2) is 24.3 Å². The zero-order valence-corrected chi connectivity index (χ0v) is 12.4. The first-order chi connectivity index (χ1) is 9.61. The lowest BCUT2D eigenvalue weighted by molar-refractivity contribution is -0.143. The zero-order chi connectivity index (χ0) is 14.8. The number of aryl methyl sites for hydroxylation is 1. The molecule has 1 amide bonds. The molecule has 0 unspecified atom stereocenters. The van der Waals surface area contributed by atoms with Crippen LogP contribution in [0.2, 0.25) is 5.02 Å². The molecule has 0 aliphatic heterocycles. The van der Waals surface area contributed by atoms with E-state index in [4.69, 9.17) is 16.3 Å². The Morgan fingerprint density at radius 1 is 1.30 bits per heavy atom. The summed E-state index contributed by atoms with van der Waals surface area (Å²) in [6.45, 7) is 2.66. The number of amides is 1. The van der Waals surface area contributed by atoms with Crippen molar-refractivity contribution in [2.24, 2.45) is 0 Å². The number of esters is 1. The van der Waals surface area contributed by atoms with Gasteiger partial charge < -0.3 is 10.1 Å². The number of rotatable bonds is 8. The molecule has 20 heavy (non-hydrogen) atoms. The van der Waals surface area contributed by atoms with Crippen molar-refractivity contribution in [2.75, 3.05) is 13.2 Å². The lowest BCUT2D eigenvalue weighted by Crippen LogP contribution is -2.25. The fourth-order valence-corrected chi connectivity index (χ4v) is 1.95. The molecule has 0 bridgehead atoms. The van der Waals surface area contributed by atoms with Crippen molar-refractivity contribution < 1.29 is 14.3 Å². The Labute approximate surface area is 124 Å². The van der Waals surface area contributed by atoms with Gasteiger partial charge in [0.05, 0.1) is 6.61 Å². The minimum Gasteiger partial charge on any atom is -0.466 e. The molecule has 0 radical (unpaired) electrons. The van der Waals surface area contributed by atoms with Gasteiger partial charge >= 0.3 is 5.97 Å².